The molecule has 0 spiro atoms. The van der Waals surface area contributed by atoms with Crippen molar-refractivity contribution in [2.75, 3.05) is 0 Å². The number of hydrogen-bond acceptors (Lipinski definition) is 5. The van der Waals surface area contributed by atoms with Gasteiger partial charge in [-0.2, -0.15) is 5.26 Å². The summed E-state index contributed by atoms with van der Waals surface area (Å²) in [6.07, 6.45) is 1.54. The molecule has 1 aliphatic rings. The zero-order valence-corrected chi connectivity index (χ0v) is 12.3. The van der Waals surface area contributed by atoms with Crippen molar-refractivity contribution in [1.29, 1.82) is 5.26 Å². The van der Waals surface area contributed by atoms with Gasteiger partial charge >= 0.3 is 0 Å². The van der Waals surface area contributed by atoms with Gasteiger partial charge in [0.2, 0.25) is 5.28 Å². The van der Waals surface area contributed by atoms with Gasteiger partial charge < -0.3 is 5.32 Å². The number of thioether (sulfide) groups is 1. The normalized spacial score (nSPS) is 15.9. The lowest BCUT2D eigenvalue weighted by Crippen LogP contribution is -2.07. The summed E-state index contributed by atoms with van der Waals surface area (Å²) in [5, 5.41) is 15.5. The summed E-state index contributed by atoms with van der Waals surface area (Å²) in [4.78, 5) is 7.91. The largest absolute Gasteiger partial charge is 0.348 e. The molecule has 1 aromatic heterocycles. The number of nitrogens with one attached hydrogen (secondary N) is 1. The highest BCUT2D eigenvalue weighted by molar-refractivity contribution is 8.06. The molecule has 1 N–H and O–H groups in total. The van der Waals surface area contributed by atoms with E-state index in [-0.39, 0.29) is 5.28 Å². The zero-order valence-electron chi connectivity index (χ0n) is 10.7. The minimum atomic E-state index is 0.125. The first-order valence-electron chi connectivity index (χ1n) is 6.10. The topological polar surface area (TPSA) is 61.6 Å². The quantitative estimate of drug-likeness (QED) is 0.677. The van der Waals surface area contributed by atoms with E-state index in [0.717, 1.165) is 16.3 Å². The summed E-state index contributed by atoms with van der Waals surface area (Å²) in [5.74, 6) is 0. The van der Waals surface area contributed by atoms with Crippen molar-refractivity contribution in [3.8, 4) is 6.07 Å². The molecule has 0 bridgehead atoms. The number of halogens is 1. The first-order chi connectivity index (χ1) is 10.3. The summed E-state index contributed by atoms with van der Waals surface area (Å²) < 4.78 is 0. The molecular weight excluding hydrogens is 304 g/mol. The summed E-state index contributed by atoms with van der Waals surface area (Å²) >= 11 is 7.24. The Morgan fingerprint density at radius 1 is 1.24 bits per heavy atom. The van der Waals surface area contributed by atoms with Crippen LogP contribution in [0.25, 0.3) is 11.3 Å². The third kappa shape index (κ3) is 2.92. The highest BCUT2D eigenvalue weighted by atomic mass is 35.5. The van der Waals surface area contributed by atoms with Crippen LogP contribution in [0.3, 0.4) is 0 Å². The lowest BCUT2D eigenvalue weighted by atomic mass is 10.1. The molecule has 0 unspecified atom stereocenters. The molecule has 0 saturated heterocycles. The van der Waals surface area contributed by atoms with Gasteiger partial charge in [-0.1, -0.05) is 42.1 Å². The predicted molar refractivity (Wildman–Crippen MR) is 84.7 cm³/mol. The van der Waals surface area contributed by atoms with Crippen molar-refractivity contribution >= 4 is 34.6 Å². The van der Waals surface area contributed by atoms with E-state index in [4.69, 9.17) is 11.6 Å². The van der Waals surface area contributed by atoms with E-state index in [2.05, 4.69) is 21.4 Å². The molecule has 2 heterocycles. The molecule has 0 atom stereocenters. The molecule has 0 amide bonds. The SMILES string of the molecule is N#CC(=C1NC(c2ccccc2)=CS1)c1ccnc(Cl)n1. The van der Waals surface area contributed by atoms with Crippen LogP contribution in [-0.2, 0) is 0 Å². The maximum atomic E-state index is 9.40. The fourth-order valence-corrected chi connectivity index (χ4v) is 2.89. The summed E-state index contributed by atoms with van der Waals surface area (Å²) in [7, 11) is 0. The van der Waals surface area contributed by atoms with Crippen LogP contribution in [0.1, 0.15) is 11.3 Å². The van der Waals surface area contributed by atoms with E-state index in [9.17, 15) is 5.26 Å². The van der Waals surface area contributed by atoms with Gasteiger partial charge in [-0.3, -0.25) is 0 Å². The average Bonchev–Trinajstić information content (AvgIpc) is 2.99. The van der Waals surface area contributed by atoms with E-state index >= 15 is 0 Å². The summed E-state index contributed by atoms with van der Waals surface area (Å²) in [5.41, 5.74) is 2.99. The molecule has 4 nitrogen and oxygen atoms in total. The average molecular weight is 313 g/mol. The Hall–Kier alpha value is -2.29. The zero-order chi connectivity index (χ0) is 14.7. The third-order valence-corrected chi connectivity index (χ3v) is 3.93. The molecule has 2 aromatic rings. The van der Waals surface area contributed by atoms with Crippen molar-refractivity contribution in [3.63, 3.8) is 0 Å². The lowest BCUT2D eigenvalue weighted by molar-refractivity contribution is 1.13. The van der Waals surface area contributed by atoms with Gasteiger partial charge in [0.05, 0.1) is 16.4 Å². The van der Waals surface area contributed by atoms with Crippen LogP contribution in [0.4, 0.5) is 0 Å². The number of nitriles is 1. The van der Waals surface area contributed by atoms with E-state index in [1.54, 1.807) is 6.07 Å². The number of allylic oxidation sites excluding steroid dienone is 1. The molecular formula is C15H9ClN4S. The number of rotatable bonds is 2. The van der Waals surface area contributed by atoms with E-state index in [0.29, 0.717) is 11.3 Å². The summed E-state index contributed by atoms with van der Waals surface area (Å²) in [6, 6.07) is 13.8. The standard InChI is InChI=1S/C15H9ClN4S/c16-15-18-7-6-12(20-15)11(8-17)14-19-13(9-21-14)10-4-2-1-3-5-10/h1-7,9,19H. The number of benzene rings is 1. The molecule has 102 valence electrons. The number of aromatic nitrogens is 2. The van der Waals surface area contributed by atoms with E-state index < -0.39 is 0 Å². The van der Waals surface area contributed by atoms with Crippen LogP contribution in [0.5, 0.6) is 0 Å². The van der Waals surface area contributed by atoms with Gasteiger partial charge in [0.25, 0.3) is 0 Å². The second-order valence-corrected chi connectivity index (χ2v) is 5.38. The van der Waals surface area contributed by atoms with Gasteiger partial charge in [-0.15, -0.1) is 0 Å². The maximum absolute atomic E-state index is 9.40. The van der Waals surface area contributed by atoms with Gasteiger partial charge in [0, 0.05) is 11.6 Å². The van der Waals surface area contributed by atoms with E-state index in [1.807, 2.05) is 35.7 Å². The molecule has 3 rings (SSSR count). The summed E-state index contributed by atoms with van der Waals surface area (Å²) in [6.45, 7) is 0. The van der Waals surface area contributed by atoms with Crippen molar-refractivity contribution in [2.24, 2.45) is 0 Å². The first-order valence-corrected chi connectivity index (χ1v) is 7.36. The molecule has 0 fully saturated rings. The Morgan fingerprint density at radius 3 is 2.76 bits per heavy atom. The van der Waals surface area contributed by atoms with Crippen LogP contribution in [0, 0.1) is 11.3 Å². The van der Waals surface area contributed by atoms with Crippen molar-refractivity contribution in [2.45, 2.75) is 0 Å². The Labute approximate surface area is 131 Å². The van der Waals surface area contributed by atoms with Crippen LogP contribution in [0.15, 0.2) is 53.0 Å². The Morgan fingerprint density at radius 2 is 2.05 bits per heavy atom. The third-order valence-electron chi connectivity index (χ3n) is 2.85. The second kappa shape index (κ2) is 6.00. The van der Waals surface area contributed by atoms with Crippen LogP contribution in [0.2, 0.25) is 5.28 Å². The van der Waals surface area contributed by atoms with Gasteiger partial charge in [0.15, 0.2) is 0 Å². The van der Waals surface area contributed by atoms with Crippen molar-refractivity contribution in [1.82, 2.24) is 15.3 Å². The minimum absolute atomic E-state index is 0.125. The maximum Gasteiger partial charge on any atom is 0.222 e. The molecule has 0 saturated carbocycles. The minimum Gasteiger partial charge on any atom is -0.348 e. The molecule has 0 aliphatic carbocycles. The number of nitrogens with zero attached hydrogens (tertiary/aromatic N) is 3. The molecule has 1 aromatic carbocycles. The lowest BCUT2D eigenvalue weighted by Gasteiger charge is -2.07. The smallest absolute Gasteiger partial charge is 0.222 e. The monoisotopic (exact) mass is 312 g/mol. The second-order valence-electron chi connectivity index (χ2n) is 4.17. The van der Waals surface area contributed by atoms with Crippen LogP contribution >= 0.6 is 23.4 Å². The highest BCUT2D eigenvalue weighted by Crippen LogP contribution is 2.34. The number of hydrogen-bond donors (Lipinski definition) is 1. The molecule has 1 aliphatic heterocycles. The van der Waals surface area contributed by atoms with Crippen molar-refractivity contribution < 1.29 is 0 Å². The fraction of sp³-hybridized carbons (Fsp3) is 0. The van der Waals surface area contributed by atoms with Gasteiger partial charge in [-0.05, 0) is 23.2 Å². The Balaban J connectivity index is 1.93. The van der Waals surface area contributed by atoms with Gasteiger partial charge in [-0.25, -0.2) is 9.97 Å². The fourth-order valence-electron chi connectivity index (χ4n) is 1.88. The Bertz CT molecular complexity index is 778. The molecule has 6 heteroatoms. The van der Waals surface area contributed by atoms with Crippen LogP contribution in [-0.4, -0.2) is 9.97 Å². The molecule has 0 radical (unpaired) electrons. The van der Waals surface area contributed by atoms with Crippen LogP contribution < -0.4 is 5.32 Å². The highest BCUT2D eigenvalue weighted by Gasteiger charge is 2.18. The Kier molecular flexibility index (Phi) is 3.91. The van der Waals surface area contributed by atoms with E-state index in [1.165, 1.54) is 18.0 Å². The van der Waals surface area contributed by atoms with Crippen molar-refractivity contribution in [3.05, 3.63) is 69.6 Å². The first kappa shape index (κ1) is 13.7. The van der Waals surface area contributed by atoms with Gasteiger partial charge in [0.1, 0.15) is 11.6 Å². The molecule has 21 heavy (non-hydrogen) atoms. The predicted octanol–water partition coefficient (Wildman–Crippen LogP) is 3.66.